The number of amides is 1. The number of carbonyl (C=O) groups excluding carboxylic acids is 1. The Morgan fingerprint density at radius 3 is 2.65 bits per heavy atom. The molecule has 2 N–H and O–H groups in total. The fourth-order valence-corrected chi connectivity index (χ4v) is 2.39. The van der Waals surface area contributed by atoms with Gasteiger partial charge in [-0.1, -0.05) is 42.5 Å². The molecule has 0 atom stereocenters. The second-order valence-corrected chi connectivity index (χ2v) is 5.65. The normalized spacial score (nSPS) is 10.2. The zero-order chi connectivity index (χ0) is 18.2. The van der Waals surface area contributed by atoms with Crippen LogP contribution in [0.4, 0.5) is 5.82 Å². The zero-order valence-corrected chi connectivity index (χ0v) is 14.5. The Bertz CT molecular complexity index is 868. The van der Waals surface area contributed by atoms with Crippen molar-refractivity contribution in [3.8, 4) is 5.88 Å². The Hall–Kier alpha value is -3.41. The first-order valence-corrected chi connectivity index (χ1v) is 8.28. The third-order valence-electron chi connectivity index (χ3n) is 3.73. The van der Waals surface area contributed by atoms with Crippen LogP contribution in [0.25, 0.3) is 0 Å². The van der Waals surface area contributed by atoms with Crippen molar-refractivity contribution in [1.29, 1.82) is 0 Å². The van der Waals surface area contributed by atoms with Crippen molar-refractivity contribution < 1.29 is 9.53 Å². The van der Waals surface area contributed by atoms with Crippen LogP contribution < -0.4 is 15.4 Å². The second kappa shape index (κ2) is 8.62. The van der Waals surface area contributed by atoms with Crippen LogP contribution in [0.2, 0.25) is 0 Å². The number of anilines is 1. The molecule has 0 unspecified atom stereocenters. The van der Waals surface area contributed by atoms with E-state index in [9.17, 15) is 4.79 Å². The lowest BCUT2D eigenvalue weighted by molar-refractivity contribution is 0.0963. The number of benzene rings is 2. The zero-order valence-electron chi connectivity index (χ0n) is 14.5. The van der Waals surface area contributed by atoms with E-state index in [2.05, 4.69) is 20.6 Å². The van der Waals surface area contributed by atoms with Gasteiger partial charge in [0, 0.05) is 19.2 Å². The van der Waals surface area contributed by atoms with Crippen LogP contribution in [-0.4, -0.2) is 22.9 Å². The van der Waals surface area contributed by atoms with E-state index in [1.54, 1.807) is 25.5 Å². The molecule has 0 aliphatic heterocycles. The monoisotopic (exact) mass is 348 g/mol. The SMILES string of the molecule is CNC(=O)c1cccc(CNc2cncc(OCc3ccccc3)n2)c1. The molecule has 0 bridgehead atoms. The van der Waals surface area contributed by atoms with Gasteiger partial charge >= 0.3 is 0 Å². The summed E-state index contributed by atoms with van der Waals surface area (Å²) in [7, 11) is 1.61. The van der Waals surface area contributed by atoms with Crippen LogP contribution in [0.3, 0.4) is 0 Å². The molecular weight excluding hydrogens is 328 g/mol. The van der Waals surface area contributed by atoms with E-state index < -0.39 is 0 Å². The predicted molar refractivity (Wildman–Crippen MR) is 100.0 cm³/mol. The summed E-state index contributed by atoms with van der Waals surface area (Å²) in [4.78, 5) is 20.3. The molecule has 2 aromatic carbocycles. The molecule has 26 heavy (non-hydrogen) atoms. The fourth-order valence-electron chi connectivity index (χ4n) is 2.39. The standard InChI is InChI=1S/C20H20N4O2/c1-21-20(25)17-9-5-8-16(10-17)11-23-18-12-22-13-19(24-18)26-14-15-6-3-2-4-7-15/h2-10,12-13H,11,14H2,1H3,(H,21,25)(H,23,24). The lowest BCUT2D eigenvalue weighted by atomic mass is 10.1. The topological polar surface area (TPSA) is 76.1 Å². The molecule has 6 nitrogen and oxygen atoms in total. The molecule has 1 heterocycles. The van der Waals surface area contributed by atoms with Gasteiger partial charge < -0.3 is 15.4 Å². The molecule has 6 heteroatoms. The average Bonchev–Trinajstić information content (AvgIpc) is 2.71. The smallest absolute Gasteiger partial charge is 0.251 e. The number of nitrogens with zero attached hydrogens (tertiary/aromatic N) is 2. The van der Waals surface area contributed by atoms with Crippen LogP contribution in [0.1, 0.15) is 21.5 Å². The summed E-state index contributed by atoms with van der Waals surface area (Å²) in [6.45, 7) is 0.967. The maximum atomic E-state index is 11.7. The number of rotatable bonds is 7. The van der Waals surface area contributed by atoms with E-state index in [-0.39, 0.29) is 5.91 Å². The maximum Gasteiger partial charge on any atom is 0.251 e. The van der Waals surface area contributed by atoms with Crippen molar-refractivity contribution in [2.45, 2.75) is 13.2 Å². The average molecular weight is 348 g/mol. The first-order chi connectivity index (χ1) is 12.7. The molecule has 3 aromatic rings. The molecule has 0 aliphatic rings. The van der Waals surface area contributed by atoms with Gasteiger partial charge in [-0.2, -0.15) is 4.98 Å². The van der Waals surface area contributed by atoms with Crippen LogP contribution in [-0.2, 0) is 13.2 Å². The Morgan fingerprint density at radius 2 is 1.85 bits per heavy atom. The first-order valence-electron chi connectivity index (χ1n) is 8.28. The van der Waals surface area contributed by atoms with Gasteiger partial charge in [-0.3, -0.25) is 9.78 Å². The van der Waals surface area contributed by atoms with Crippen LogP contribution in [0.5, 0.6) is 5.88 Å². The number of nitrogens with one attached hydrogen (secondary N) is 2. The minimum absolute atomic E-state index is 0.108. The van der Waals surface area contributed by atoms with Crippen LogP contribution in [0, 0.1) is 0 Å². The molecule has 1 amide bonds. The van der Waals surface area contributed by atoms with E-state index in [4.69, 9.17) is 4.74 Å². The third-order valence-corrected chi connectivity index (χ3v) is 3.73. The van der Waals surface area contributed by atoms with Crippen LogP contribution in [0.15, 0.2) is 67.0 Å². The molecular formula is C20H20N4O2. The van der Waals surface area contributed by atoms with Crippen molar-refractivity contribution in [3.05, 3.63) is 83.7 Å². The molecule has 132 valence electrons. The molecule has 0 spiro atoms. The van der Waals surface area contributed by atoms with Gasteiger partial charge in [-0.05, 0) is 23.3 Å². The number of aromatic nitrogens is 2. The molecule has 0 fully saturated rings. The minimum atomic E-state index is -0.108. The number of hydrogen-bond donors (Lipinski definition) is 2. The Kier molecular flexibility index (Phi) is 5.77. The Morgan fingerprint density at radius 1 is 1.04 bits per heavy atom. The molecule has 3 rings (SSSR count). The highest BCUT2D eigenvalue weighted by Crippen LogP contribution is 2.13. The number of hydrogen-bond acceptors (Lipinski definition) is 5. The summed E-state index contributed by atoms with van der Waals surface area (Å²) in [5, 5.41) is 5.82. The highest BCUT2D eigenvalue weighted by Gasteiger charge is 2.05. The minimum Gasteiger partial charge on any atom is -0.472 e. The van der Waals surface area contributed by atoms with E-state index in [0.29, 0.717) is 30.4 Å². The van der Waals surface area contributed by atoms with E-state index >= 15 is 0 Å². The van der Waals surface area contributed by atoms with Crippen molar-refractivity contribution >= 4 is 11.7 Å². The largest absolute Gasteiger partial charge is 0.472 e. The van der Waals surface area contributed by atoms with E-state index in [1.807, 2.05) is 48.5 Å². The molecule has 0 saturated heterocycles. The number of carbonyl (C=O) groups is 1. The maximum absolute atomic E-state index is 11.7. The molecule has 0 radical (unpaired) electrons. The lowest BCUT2D eigenvalue weighted by Crippen LogP contribution is -2.18. The van der Waals surface area contributed by atoms with Gasteiger partial charge in [0.15, 0.2) is 0 Å². The van der Waals surface area contributed by atoms with Gasteiger partial charge in [-0.15, -0.1) is 0 Å². The van der Waals surface area contributed by atoms with Gasteiger partial charge in [0.1, 0.15) is 12.4 Å². The summed E-state index contributed by atoms with van der Waals surface area (Å²) >= 11 is 0. The van der Waals surface area contributed by atoms with Gasteiger partial charge in [-0.25, -0.2) is 0 Å². The Balaban J connectivity index is 1.59. The van der Waals surface area contributed by atoms with E-state index in [1.165, 1.54) is 0 Å². The first kappa shape index (κ1) is 17.4. The van der Waals surface area contributed by atoms with Crippen molar-refractivity contribution in [2.75, 3.05) is 12.4 Å². The van der Waals surface area contributed by atoms with Crippen LogP contribution >= 0.6 is 0 Å². The summed E-state index contributed by atoms with van der Waals surface area (Å²) in [6.07, 6.45) is 3.22. The summed E-state index contributed by atoms with van der Waals surface area (Å²) in [5.41, 5.74) is 2.67. The molecule has 0 aliphatic carbocycles. The third kappa shape index (κ3) is 4.80. The van der Waals surface area contributed by atoms with Gasteiger partial charge in [0.05, 0.1) is 12.4 Å². The van der Waals surface area contributed by atoms with Crippen molar-refractivity contribution in [2.24, 2.45) is 0 Å². The van der Waals surface area contributed by atoms with E-state index in [0.717, 1.165) is 11.1 Å². The quantitative estimate of drug-likeness (QED) is 0.686. The summed E-state index contributed by atoms with van der Waals surface area (Å²) in [5.74, 6) is 0.960. The second-order valence-electron chi connectivity index (χ2n) is 5.65. The highest BCUT2D eigenvalue weighted by atomic mass is 16.5. The van der Waals surface area contributed by atoms with Gasteiger partial charge in [0.25, 0.3) is 5.91 Å². The summed E-state index contributed by atoms with van der Waals surface area (Å²) in [6, 6.07) is 17.3. The Labute approximate surface area is 152 Å². The summed E-state index contributed by atoms with van der Waals surface area (Å²) < 4.78 is 5.68. The van der Waals surface area contributed by atoms with Crippen molar-refractivity contribution in [3.63, 3.8) is 0 Å². The van der Waals surface area contributed by atoms with Crippen molar-refractivity contribution in [1.82, 2.24) is 15.3 Å². The predicted octanol–water partition coefficient (Wildman–Crippen LogP) is 3.03. The molecule has 1 aromatic heterocycles. The fraction of sp³-hybridized carbons (Fsp3) is 0.150. The number of ether oxygens (including phenoxy) is 1. The highest BCUT2D eigenvalue weighted by molar-refractivity contribution is 5.94. The van der Waals surface area contributed by atoms with Gasteiger partial charge in [0.2, 0.25) is 5.88 Å². The lowest BCUT2D eigenvalue weighted by Gasteiger charge is -2.09. The molecule has 0 saturated carbocycles.